The minimum atomic E-state index is -0.249. The van der Waals surface area contributed by atoms with Crippen molar-refractivity contribution in [3.05, 3.63) is 83.4 Å². The summed E-state index contributed by atoms with van der Waals surface area (Å²) in [5, 5.41) is 2.87. The largest absolute Gasteiger partial charge is 0.497 e. The number of benzene rings is 2. The van der Waals surface area contributed by atoms with Gasteiger partial charge in [0, 0.05) is 18.4 Å². The van der Waals surface area contributed by atoms with Crippen molar-refractivity contribution in [1.29, 1.82) is 0 Å². The lowest BCUT2D eigenvalue weighted by Gasteiger charge is -2.35. The Morgan fingerprint density at radius 2 is 1.85 bits per heavy atom. The Labute approximate surface area is 193 Å². The normalized spacial score (nSPS) is 15.7. The first kappa shape index (κ1) is 22.5. The molecule has 1 aliphatic rings. The first-order valence-electron chi connectivity index (χ1n) is 11.2. The fourth-order valence-electron chi connectivity index (χ4n) is 4.11. The molecule has 4 rings (SSSR count). The topological polar surface area (TPSA) is 84.4 Å². The highest BCUT2D eigenvalue weighted by atomic mass is 16.5. The number of carbonyl (C=O) groups is 2. The summed E-state index contributed by atoms with van der Waals surface area (Å²) in [6.45, 7) is 2.48. The van der Waals surface area contributed by atoms with Crippen LogP contribution in [0.15, 0.2) is 60.8 Å². The highest BCUT2D eigenvalue weighted by Gasteiger charge is 2.30. The Bertz CT molecular complexity index is 1120. The third-order valence-electron chi connectivity index (χ3n) is 5.91. The van der Waals surface area contributed by atoms with Gasteiger partial charge in [0.25, 0.3) is 5.91 Å². The number of ether oxygens (including phenoxy) is 1. The van der Waals surface area contributed by atoms with Crippen LogP contribution < -0.4 is 10.1 Å². The molecule has 1 aromatic heterocycles. The van der Waals surface area contributed by atoms with Gasteiger partial charge in [-0.2, -0.15) is 0 Å². The van der Waals surface area contributed by atoms with Crippen LogP contribution in [0.4, 0.5) is 5.69 Å². The summed E-state index contributed by atoms with van der Waals surface area (Å²) in [5.41, 5.74) is 2.68. The van der Waals surface area contributed by atoms with Gasteiger partial charge in [-0.3, -0.25) is 9.59 Å². The van der Waals surface area contributed by atoms with Crippen molar-refractivity contribution in [2.45, 2.75) is 38.6 Å². The summed E-state index contributed by atoms with van der Waals surface area (Å²) in [7, 11) is 1.62. The molecule has 7 nitrogen and oxygen atoms in total. The number of anilines is 1. The number of hydrogen-bond donors (Lipinski definition) is 1. The van der Waals surface area contributed by atoms with Crippen LogP contribution in [0.5, 0.6) is 5.75 Å². The Morgan fingerprint density at radius 1 is 1.09 bits per heavy atom. The second-order valence-electron chi connectivity index (χ2n) is 8.17. The zero-order chi connectivity index (χ0) is 23.2. The van der Waals surface area contributed by atoms with Gasteiger partial charge in [-0.1, -0.05) is 30.3 Å². The van der Waals surface area contributed by atoms with E-state index in [-0.39, 0.29) is 17.9 Å². The number of para-hydroxylation sites is 1. The predicted molar refractivity (Wildman–Crippen MR) is 126 cm³/mol. The molecule has 2 amide bonds. The summed E-state index contributed by atoms with van der Waals surface area (Å²) >= 11 is 0. The van der Waals surface area contributed by atoms with Gasteiger partial charge in [-0.25, -0.2) is 9.97 Å². The van der Waals surface area contributed by atoms with Crippen LogP contribution >= 0.6 is 0 Å². The van der Waals surface area contributed by atoms with E-state index in [0.29, 0.717) is 35.7 Å². The van der Waals surface area contributed by atoms with Crippen LogP contribution in [0.2, 0.25) is 0 Å². The number of carbonyl (C=O) groups excluding carboxylic acids is 2. The second-order valence-corrected chi connectivity index (χ2v) is 8.17. The number of aromatic nitrogens is 2. The van der Waals surface area contributed by atoms with Crippen LogP contribution in [-0.2, 0) is 11.2 Å². The fraction of sp³-hybridized carbons (Fsp3) is 0.308. The van der Waals surface area contributed by atoms with Gasteiger partial charge in [0.15, 0.2) is 5.82 Å². The van der Waals surface area contributed by atoms with E-state index in [4.69, 9.17) is 4.74 Å². The molecule has 0 spiro atoms. The van der Waals surface area contributed by atoms with E-state index in [0.717, 1.165) is 30.6 Å². The molecule has 2 heterocycles. The Balaban J connectivity index is 1.49. The van der Waals surface area contributed by atoms with E-state index in [9.17, 15) is 9.59 Å². The van der Waals surface area contributed by atoms with Crippen molar-refractivity contribution >= 4 is 17.5 Å². The van der Waals surface area contributed by atoms with E-state index in [1.165, 1.54) is 0 Å². The van der Waals surface area contributed by atoms with Crippen molar-refractivity contribution < 1.29 is 14.3 Å². The molecule has 7 heteroatoms. The van der Waals surface area contributed by atoms with E-state index >= 15 is 0 Å². The molecule has 33 heavy (non-hydrogen) atoms. The zero-order valence-electron chi connectivity index (χ0n) is 19.0. The highest BCUT2D eigenvalue weighted by molar-refractivity contribution is 6.04. The van der Waals surface area contributed by atoms with Crippen LogP contribution in [-0.4, -0.2) is 40.3 Å². The lowest BCUT2D eigenvalue weighted by atomic mass is 9.99. The van der Waals surface area contributed by atoms with Crippen LogP contribution in [0.1, 0.15) is 52.7 Å². The van der Waals surface area contributed by atoms with Gasteiger partial charge < -0.3 is 15.0 Å². The number of piperidine rings is 1. The molecule has 0 bridgehead atoms. The maximum atomic E-state index is 13.1. The molecular formula is C26H28N4O3. The number of aryl methyl sites for hydroxylation is 1. The maximum absolute atomic E-state index is 13.1. The summed E-state index contributed by atoms with van der Waals surface area (Å²) in [5.74, 6) is 1.16. The van der Waals surface area contributed by atoms with Crippen molar-refractivity contribution in [1.82, 2.24) is 14.9 Å². The summed E-state index contributed by atoms with van der Waals surface area (Å²) < 4.78 is 5.20. The van der Waals surface area contributed by atoms with Crippen molar-refractivity contribution in [3.63, 3.8) is 0 Å². The summed E-state index contributed by atoms with van der Waals surface area (Å²) in [6.07, 6.45) is 4.66. The molecule has 1 N–H and O–H groups in total. The molecule has 1 aliphatic heterocycles. The van der Waals surface area contributed by atoms with Crippen LogP contribution in [0.25, 0.3) is 0 Å². The van der Waals surface area contributed by atoms with Gasteiger partial charge in [0.05, 0.1) is 30.8 Å². The number of nitrogens with one attached hydrogen (secondary N) is 1. The lowest BCUT2D eigenvalue weighted by molar-refractivity contribution is -0.134. The number of likely N-dealkylation sites (tertiary alicyclic amines) is 1. The number of amides is 2. The van der Waals surface area contributed by atoms with Crippen LogP contribution in [0, 0.1) is 6.92 Å². The average molecular weight is 445 g/mol. The van der Waals surface area contributed by atoms with Gasteiger partial charge in [0.2, 0.25) is 5.91 Å². The zero-order valence-corrected chi connectivity index (χ0v) is 19.0. The minimum absolute atomic E-state index is 0.0528. The van der Waals surface area contributed by atoms with Crippen molar-refractivity contribution in [2.75, 3.05) is 19.0 Å². The van der Waals surface area contributed by atoms with E-state index in [1.807, 2.05) is 59.5 Å². The predicted octanol–water partition coefficient (Wildman–Crippen LogP) is 4.34. The Morgan fingerprint density at radius 3 is 2.55 bits per heavy atom. The van der Waals surface area contributed by atoms with Crippen LogP contribution in [0.3, 0.4) is 0 Å². The van der Waals surface area contributed by atoms with Crippen molar-refractivity contribution in [2.24, 2.45) is 0 Å². The van der Waals surface area contributed by atoms with Gasteiger partial charge in [-0.15, -0.1) is 0 Å². The highest BCUT2D eigenvalue weighted by Crippen LogP contribution is 2.30. The van der Waals surface area contributed by atoms with Gasteiger partial charge in [0.1, 0.15) is 5.75 Å². The third kappa shape index (κ3) is 5.37. The van der Waals surface area contributed by atoms with E-state index in [1.54, 1.807) is 20.2 Å². The minimum Gasteiger partial charge on any atom is -0.497 e. The number of methoxy groups -OCH3 is 1. The van der Waals surface area contributed by atoms with Gasteiger partial charge >= 0.3 is 0 Å². The molecule has 1 unspecified atom stereocenters. The molecule has 1 saturated heterocycles. The monoisotopic (exact) mass is 444 g/mol. The molecule has 2 aromatic carbocycles. The first-order valence-corrected chi connectivity index (χ1v) is 11.2. The standard InChI is InChI=1S/C26H28N4O3/c1-18-22(26(32)29-20-8-4-3-5-9-20)17-27-25(28-18)23-10-6-7-15-30(23)24(31)16-19-11-13-21(33-2)14-12-19/h3-5,8-9,11-14,17,23H,6-7,10,15-16H2,1-2H3,(H,29,32). The molecule has 1 atom stereocenters. The van der Waals surface area contributed by atoms with Gasteiger partial charge in [-0.05, 0) is 56.0 Å². The number of nitrogens with zero attached hydrogens (tertiary/aromatic N) is 3. The summed E-state index contributed by atoms with van der Waals surface area (Å²) in [6, 6.07) is 16.6. The first-order chi connectivity index (χ1) is 16.0. The third-order valence-corrected chi connectivity index (χ3v) is 5.91. The molecule has 0 radical (unpaired) electrons. The average Bonchev–Trinajstić information content (AvgIpc) is 2.85. The summed E-state index contributed by atoms with van der Waals surface area (Å²) in [4.78, 5) is 36.8. The maximum Gasteiger partial charge on any atom is 0.259 e. The lowest BCUT2D eigenvalue weighted by Crippen LogP contribution is -2.40. The molecule has 1 fully saturated rings. The smallest absolute Gasteiger partial charge is 0.259 e. The molecule has 3 aromatic rings. The molecule has 0 aliphatic carbocycles. The van der Waals surface area contributed by atoms with E-state index < -0.39 is 0 Å². The Hall–Kier alpha value is -3.74. The molecule has 0 saturated carbocycles. The molecule has 170 valence electrons. The number of rotatable bonds is 6. The van der Waals surface area contributed by atoms with Crippen molar-refractivity contribution in [3.8, 4) is 5.75 Å². The quantitative estimate of drug-likeness (QED) is 0.611. The van der Waals surface area contributed by atoms with E-state index in [2.05, 4.69) is 15.3 Å². The second kappa shape index (κ2) is 10.3. The Kier molecular flexibility index (Phi) is 6.98. The number of hydrogen-bond acceptors (Lipinski definition) is 5. The SMILES string of the molecule is COc1ccc(CC(=O)N2CCCCC2c2ncc(C(=O)Nc3ccccc3)c(C)n2)cc1. The molecular weight excluding hydrogens is 416 g/mol. The fourth-order valence-corrected chi connectivity index (χ4v) is 4.11.